The van der Waals surface area contributed by atoms with Crippen LogP contribution in [-0.4, -0.2) is 10.7 Å². The fourth-order valence-corrected chi connectivity index (χ4v) is 4.41. The molecule has 5 rings (SSSR count). The molecule has 0 unspecified atom stereocenters. The van der Waals surface area contributed by atoms with Crippen LogP contribution in [0.5, 0.6) is 11.5 Å². The Kier molecular flexibility index (Phi) is 7.88. The molecule has 1 aromatic heterocycles. The molecule has 0 saturated carbocycles. The van der Waals surface area contributed by atoms with Gasteiger partial charge < -0.3 is 9.47 Å². The topological polar surface area (TPSA) is 55.7 Å². The zero-order valence-corrected chi connectivity index (χ0v) is 21.3. The first-order chi connectivity index (χ1) is 18.2. The summed E-state index contributed by atoms with van der Waals surface area (Å²) in [5, 5.41) is 7.36. The van der Waals surface area contributed by atoms with E-state index in [0.29, 0.717) is 19.0 Å². The molecular weight excluding hydrogens is 478 g/mol. The molecule has 0 fully saturated rings. The summed E-state index contributed by atoms with van der Waals surface area (Å²) in [5.41, 5.74) is 8.98. The van der Waals surface area contributed by atoms with Crippen LogP contribution in [0, 0.1) is 0 Å². The highest BCUT2D eigenvalue weighted by Crippen LogP contribution is 2.28. The molecule has 1 heterocycles. The predicted molar refractivity (Wildman–Crippen MR) is 151 cm³/mol. The van der Waals surface area contributed by atoms with E-state index in [1.165, 1.54) is 11.3 Å². The SMILES string of the molecule is C/C(=N/Nc1nc(-c2ccccc2)cs1)c1ccc(OCc2ccccc2)cc1OCc1ccccc1. The molecule has 6 heteroatoms. The summed E-state index contributed by atoms with van der Waals surface area (Å²) < 4.78 is 12.3. The Morgan fingerprint density at radius 1 is 0.784 bits per heavy atom. The third-order valence-corrected chi connectivity index (χ3v) is 6.47. The van der Waals surface area contributed by atoms with Gasteiger partial charge in [0.25, 0.3) is 0 Å². The van der Waals surface area contributed by atoms with Crippen molar-refractivity contribution in [2.75, 3.05) is 5.43 Å². The molecular formula is C31H27N3O2S. The average molecular weight is 506 g/mol. The molecule has 0 amide bonds. The number of thiazole rings is 1. The van der Waals surface area contributed by atoms with Gasteiger partial charge in [-0.25, -0.2) is 4.98 Å². The number of hydrogen-bond donors (Lipinski definition) is 1. The lowest BCUT2D eigenvalue weighted by Crippen LogP contribution is -2.05. The molecule has 37 heavy (non-hydrogen) atoms. The second-order valence-corrected chi connectivity index (χ2v) is 9.28. The number of anilines is 1. The van der Waals surface area contributed by atoms with Crippen LogP contribution in [0.1, 0.15) is 23.6 Å². The molecule has 0 bridgehead atoms. The van der Waals surface area contributed by atoms with Crippen LogP contribution in [-0.2, 0) is 13.2 Å². The molecule has 0 radical (unpaired) electrons. The highest BCUT2D eigenvalue weighted by Gasteiger charge is 2.11. The lowest BCUT2D eigenvalue weighted by Gasteiger charge is -2.14. The summed E-state index contributed by atoms with van der Waals surface area (Å²) in [6, 6.07) is 36.2. The van der Waals surface area contributed by atoms with E-state index in [-0.39, 0.29) is 0 Å². The Morgan fingerprint density at radius 2 is 1.41 bits per heavy atom. The van der Waals surface area contributed by atoms with Gasteiger partial charge in [-0.05, 0) is 30.2 Å². The van der Waals surface area contributed by atoms with Crippen molar-refractivity contribution in [1.82, 2.24) is 4.98 Å². The summed E-state index contributed by atoms with van der Waals surface area (Å²) in [5.74, 6) is 1.45. The molecule has 0 atom stereocenters. The number of benzene rings is 4. The number of hydrogen-bond acceptors (Lipinski definition) is 6. The van der Waals surface area contributed by atoms with E-state index in [2.05, 4.69) is 15.5 Å². The van der Waals surface area contributed by atoms with Crippen molar-refractivity contribution < 1.29 is 9.47 Å². The monoisotopic (exact) mass is 505 g/mol. The number of ether oxygens (including phenoxy) is 2. The van der Waals surface area contributed by atoms with Crippen LogP contribution in [0.15, 0.2) is 120 Å². The van der Waals surface area contributed by atoms with Crippen molar-refractivity contribution in [3.8, 4) is 22.8 Å². The van der Waals surface area contributed by atoms with E-state index >= 15 is 0 Å². The van der Waals surface area contributed by atoms with E-state index in [4.69, 9.17) is 9.47 Å². The van der Waals surface area contributed by atoms with E-state index < -0.39 is 0 Å². The van der Waals surface area contributed by atoms with Gasteiger partial charge in [0.2, 0.25) is 5.13 Å². The minimum absolute atomic E-state index is 0.448. The van der Waals surface area contributed by atoms with Crippen LogP contribution in [0.25, 0.3) is 11.3 Å². The van der Waals surface area contributed by atoms with Gasteiger partial charge in [0.15, 0.2) is 0 Å². The van der Waals surface area contributed by atoms with E-state index in [0.717, 1.165) is 44.5 Å². The van der Waals surface area contributed by atoms with Crippen LogP contribution < -0.4 is 14.9 Å². The van der Waals surface area contributed by atoms with Crippen LogP contribution in [0.3, 0.4) is 0 Å². The lowest BCUT2D eigenvalue weighted by atomic mass is 10.1. The number of hydrazone groups is 1. The highest BCUT2D eigenvalue weighted by atomic mass is 32.1. The van der Waals surface area contributed by atoms with Crippen molar-refractivity contribution in [3.05, 3.63) is 131 Å². The first-order valence-electron chi connectivity index (χ1n) is 12.0. The van der Waals surface area contributed by atoms with Crippen LogP contribution in [0.2, 0.25) is 0 Å². The third-order valence-electron chi connectivity index (χ3n) is 5.72. The Bertz CT molecular complexity index is 1450. The molecule has 0 aliphatic rings. The standard InChI is InChI=1S/C31H27N3O2S/c1-23(33-34-31-32-29(22-37-31)26-15-9-4-10-16-26)28-18-17-27(35-20-24-11-5-2-6-12-24)19-30(28)36-21-25-13-7-3-8-14-25/h2-19,22H,20-21H2,1H3,(H,32,34)/b33-23-. The first-order valence-corrected chi connectivity index (χ1v) is 12.9. The van der Waals surface area contributed by atoms with Gasteiger partial charge in [0.05, 0.1) is 11.4 Å². The highest BCUT2D eigenvalue weighted by molar-refractivity contribution is 7.14. The summed E-state index contributed by atoms with van der Waals surface area (Å²) in [6.07, 6.45) is 0. The zero-order valence-electron chi connectivity index (χ0n) is 20.5. The maximum absolute atomic E-state index is 6.25. The molecule has 5 aromatic rings. The minimum Gasteiger partial charge on any atom is -0.489 e. The zero-order chi connectivity index (χ0) is 25.3. The maximum Gasteiger partial charge on any atom is 0.203 e. The lowest BCUT2D eigenvalue weighted by molar-refractivity contribution is 0.289. The number of aromatic nitrogens is 1. The molecule has 1 N–H and O–H groups in total. The summed E-state index contributed by atoms with van der Waals surface area (Å²) >= 11 is 1.52. The van der Waals surface area contributed by atoms with Crippen molar-refractivity contribution in [3.63, 3.8) is 0 Å². The average Bonchev–Trinajstić information content (AvgIpc) is 3.44. The quantitative estimate of drug-likeness (QED) is 0.155. The van der Waals surface area contributed by atoms with Crippen molar-refractivity contribution >= 4 is 22.2 Å². The molecule has 0 aliphatic carbocycles. The normalized spacial score (nSPS) is 11.2. The first kappa shape index (κ1) is 24.3. The van der Waals surface area contributed by atoms with E-state index in [1.807, 2.05) is 121 Å². The van der Waals surface area contributed by atoms with Crippen LogP contribution >= 0.6 is 11.3 Å². The van der Waals surface area contributed by atoms with Crippen molar-refractivity contribution in [1.29, 1.82) is 0 Å². The fraction of sp³-hybridized carbons (Fsp3) is 0.0968. The Labute approximate surface area is 221 Å². The van der Waals surface area contributed by atoms with Gasteiger partial charge in [-0.3, -0.25) is 5.43 Å². The third kappa shape index (κ3) is 6.63. The minimum atomic E-state index is 0.448. The van der Waals surface area contributed by atoms with E-state index in [1.54, 1.807) is 0 Å². The predicted octanol–water partition coefficient (Wildman–Crippen LogP) is 7.80. The summed E-state index contributed by atoms with van der Waals surface area (Å²) in [7, 11) is 0. The largest absolute Gasteiger partial charge is 0.489 e. The maximum atomic E-state index is 6.25. The van der Waals surface area contributed by atoms with Gasteiger partial charge in [-0.15, -0.1) is 11.3 Å². The number of nitrogens with zero attached hydrogens (tertiary/aromatic N) is 2. The molecule has 0 spiro atoms. The summed E-state index contributed by atoms with van der Waals surface area (Å²) in [4.78, 5) is 4.66. The van der Waals surface area contributed by atoms with Crippen LogP contribution in [0.4, 0.5) is 5.13 Å². The number of nitrogens with one attached hydrogen (secondary N) is 1. The van der Waals surface area contributed by atoms with Crippen molar-refractivity contribution in [2.45, 2.75) is 20.1 Å². The van der Waals surface area contributed by atoms with Crippen molar-refractivity contribution in [2.24, 2.45) is 5.10 Å². The van der Waals surface area contributed by atoms with Gasteiger partial charge in [-0.2, -0.15) is 5.10 Å². The second-order valence-electron chi connectivity index (χ2n) is 8.42. The molecule has 184 valence electrons. The number of rotatable bonds is 10. The second kappa shape index (κ2) is 12.0. The van der Waals surface area contributed by atoms with Gasteiger partial charge in [0.1, 0.15) is 24.7 Å². The Hall–Kier alpha value is -4.42. The Morgan fingerprint density at radius 3 is 2.08 bits per heavy atom. The van der Waals surface area contributed by atoms with Gasteiger partial charge in [-0.1, -0.05) is 91.0 Å². The molecule has 5 nitrogen and oxygen atoms in total. The smallest absolute Gasteiger partial charge is 0.203 e. The van der Waals surface area contributed by atoms with Gasteiger partial charge >= 0.3 is 0 Å². The molecule has 0 saturated heterocycles. The fourth-order valence-electron chi connectivity index (χ4n) is 3.75. The van der Waals surface area contributed by atoms with E-state index in [9.17, 15) is 0 Å². The summed E-state index contributed by atoms with van der Waals surface area (Å²) in [6.45, 7) is 2.89. The molecule has 0 aliphatic heterocycles. The molecule has 4 aromatic carbocycles. The Balaban J connectivity index is 1.34. The van der Waals surface area contributed by atoms with Gasteiger partial charge in [0, 0.05) is 22.6 Å².